The van der Waals surface area contributed by atoms with E-state index in [1.807, 2.05) is 34.7 Å². The number of hydrogen-bond donors (Lipinski definition) is 4. The number of benzene rings is 1. The van der Waals surface area contributed by atoms with Crippen LogP contribution < -0.4 is 26.0 Å². The van der Waals surface area contributed by atoms with E-state index in [4.69, 9.17) is 4.74 Å². The molecule has 0 aliphatic carbocycles. The zero-order chi connectivity index (χ0) is 31.0. The average Bonchev–Trinajstić information content (AvgIpc) is 3.18. The third-order valence-electron chi connectivity index (χ3n) is 7.83. The number of carbonyl (C=O) groups excluding carboxylic acids is 4. The van der Waals surface area contributed by atoms with Crippen molar-refractivity contribution in [2.75, 3.05) is 13.2 Å². The molecule has 2 aromatic rings. The van der Waals surface area contributed by atoms with Crippen LogP contribution in [0.15, 0.2) is 24.3 Å². The SMILES string of the molecule is CC[C@H](C)[C@@H]1NC(=O)C[C@@H](C(=O)NCCc2c(C)nn(C)c2C)NC(=O)c2ccccc2OC[C@H](CC(C)C)NC1=O. The highest BCUT2D eigenvalue weighted by molar-refractivity contribution is 6.01. The smallest absolute Gasteiger partial charge is 0.255 e. The first kappa shape index (κ1) is 32.6. The Morgan fingerprint density at radius 2 is 1.83 bits per heavy atom. The lowest BCUT2D eigenvalue weighted by atomic mass is 9.96. The van der Waals surface area contributed by atoms with Gasteiger partial charge in [-0.1, -0.05) is 46.2 Å². The molecule has 3 rings (SSSR count). The summed E-state index contributed by atoms with van der Waals surface area (Å²) in [4.78, 5) is 53.5. The highest BCUT2D eigenvalue weighted by atomic mass is 16.5. The fraction of sp³-hybridized carbons (Fsp3) is 0.581. The van der Waals surface area contributed by atoms with Gasteiger partial charge in [-0.3, -0.25) is 23.9 Å². The molecule has 1 aromatic heterocycles. The molecule has 0 saturated heterocycles. The van der Waals surface area contributed by atoms with E-state index in [1.165, 1.54) is 0 Å². The largest absolute Gasteiger partial charge is 0.491 e. The highest BCUT2D eigenvalue weighted by Gasteiger charge is 2.32. The Morgan fingerprint density at radius 3 is 2.48 bits per heavy atom. The van der Waals surface area contributed by atoms with E-state index in [0.717, 1.165) is 17.0 Å². The van der Waals surface area contributed by atoms with Crippen LogP contribution >= 0.6 is 0 Å². The number of ether oxygens (including phenoxy) is 1. The quantitative estimate of drug-likeness (QED) is 0.376. The fourth-order valence-corrected chi connectivity index (χ4v) is 5.18. The molecule has 4 atom stereocenters. The first-order chi connectivity index (χ1) is 19.9. The Kier molecular flexibility index (Phi) is 11.5. The minimum Gasteiger partial charge on any atom is -0.491 e. The van der Waals surface area contributed by atoms with Gasteiger partial charge in [0.1, 0.15) is 24.4 Å². The Labute approximate surface area is 248 Å². The van der Waals surface area contributed by atoms with Gasteiger partial charge >= 0.3 is 0 Å². The molecule has 0 unspecified atom stereocenters. The molecule has 11 heteroatoms. The van der Waals surface area contributed by atoms with Crippen molar-refractivity contribution < 1.29 is 23.9 Å². The molecule has 1 aromatic carbocycles. The lowest BCUT2D eigenvalue weighted by molar-refractivity contribution is -0.132. The third-order valence-corrected chi connectivity index (χ3v) is 7.83. The number of para-hydroxylation sites is 1. The number of nitrogens with one attached hydrogen (secondary N) is 4. The van der Waals surface area contributed by atoms with Crippen molar-refractivity contribution in [1.29, 1.82) is 0 Å². The normalized spacial score (nSPS) is 20.9. The summed E-state index contributed by atoms with van der Waals surface area (Å²) in [5.41, 5.74) is 3.17. The monoisotopic (exact) mass is 582 g/mol. The molecule has 2 heterocycles. The van der Waals surface area contributed by atoms with Crippen LogP contribution in [-0.2, 0) is 27.9 Å². The average molecular weight is 583 g/mol. The fourth-order valence-electron chi connectivity index (χ4n) is 5.18. The Morgan fingerprint density at radius 1 is 1.12 bits per heavy atom. The van der Waals surface area contributed by atoms with Crippen LogP contribution in [0.3, 0.4) is 0 Å². The van der Waals surface area contributed by atoms with Crippen LogP contribution in [0.4, 0.5) is 0 Å². The van der Waals surface area contributed by atoms with Gasteiger partial charge in [0.15, 0.2) is 0 Å². The lowest BCUT2D eigenvalue weighted by Crippen LogP contribution is -2.56. The van der Waals surface area contributed by atoms with Gasteiger partial charge in [0.2, 0.25) is 17.7 Å². The van der Waals surface area contributed by atoms with E-state index in [-0.39, 0.29) is 42.4 Å². The Hall–Kier alpha value is -3.89. The Balaban J connectivity index is 1.88. The predicted octanol–water partition coefficient (Wildman–Crippen LogP) is 2.34. The predicted molar refractivity (Wildman–Crippen MR) is 160 cm³/mol. The van der Waals surface area contributed by atoms with Gasteiger partial charge in [0, 0.05) is 19.3 Å². The van der Waals surface area contributed by atoms with Crippen LogP contribution in [-0.4, -0.2) is 64.7 Å². The van der Waals surface area contributed by atoms with E-state index in [1.54, 1.807) is 28.9 Å². The van der Waals surface area contributed by atoms with Gasteiger partial charge in [-0.25, -0.2) is 0 Å². The molecule has 1 aliphatic rings. The summed E-state index contributed by atoms with van der Waals surface area (Å²) in [6.07, 6.45) is 1.53. The molecule has 4 N–H and O–H groups in total. The van der Waals surface area contributed by atoms with Crippen molar-refractivity contribution in [2.24, 2.45) is 18.9 Å². The van der Waals surface area contributed by atoms with E-state index in [2.05, 4.69) is 40.2 Å². The van der Waals surface area contributed by atoms with Crippen LogP contribution in [0.25, 0.3) is 0 Å². The summed E-state index contributed by atoms with van der Waals surface area (Å²) >= 11 is 0. The molecular formula is C31H46N6O5. The number of fused-ring (bicyclic) bond motifs is 1. The number of nitrogens with zero attached hydrogens (tertiary/aromatic N) is 2. The zero-order valence-electron chi connectivity index (χ0n) is 25.9. The van der Waals surface area contributed by atoms with Gasteiger partial charge in [-0.15, -0.1) is 0 Å². The van der Waals surface area contributed by atoms with E-state index >= 15 is 0 Å². The molecule has 0 radical (unpaired) electrons. The molecular weight excluding hydrogens is 536 g/mol. The number of aromatic nitrogens is 2. The molecule has 0 fully saturated rings. The Bertz CT molecular complexity index is 1270. The van der Waals surface area contributed by atoms with E-state index in [9.17, 15) is 19.2 Å². The standard InChI is InChI=1S/C31H46N6O5/c1-8-19(4)28-31(41)33-22(15-18(2)3)17-42-26-12-10-9-11-24(26)29(39)34-25(16-27(38)35-28)30(40)32-14-13-23-20(5)36-37(7)21(23)6/h9-12,18-19,22,25,28H,8,13-17H2,1-7H3,(H,32,40)(H,33,41)(H,34,39)(H,35,38)/t19-,22-,25-,28-/m0/s1. The summed E-state index contributed by atoms with van der Waals surface area (Å²) in [6.45, 7) is 12.3. The summed E-state index contributed by atoms with van der Waals surface area (Å²) in [5, 5.41) is 15.9. The molecule has 1 aliphatic heterocycles. The van der Waals surface area contributed by atoms with Crippen LogP contribution in [0.1, 0.15) is 74.3 Å². The number of amides is 4. The molecule has 4 amide bonds. The third kappa shape index (κ3) is 8.56. The van der Waals surface area contributed by atoms with Gasteiger partial charge in [0.25, 0.3) is 5.91 Å². The molecule has 42 heavy (non-hydrogen) atoms. The number of carbonyl (C=O) groups is 4. The second-order valence-electron chi connectivity index (χ2n) is 11.6. The molecule has 230 valence electrons. The molecule has 0 bridgehead atoms. The lowest BCUT2D eigenvalue weighted by Gasteiger charge is -2.29. The zero-order valence-corrected chi connectivity index (χ0v) is 25.9. The number of aryl methyl sites for hydroxylation is 2. The van der Waals surface area contributed by atoms with Crippen molar-refractivity contribution in [1.82, 2.24) is 31.0 Å². The van der Waals surface area contributed by atoms with Crippen molar-refractivity contribution in [3.8, 4) is 5.75 Å². The van der Waals surface area contributed by atoms with E-state index in [0.29, 0.717) is 31.6 Å². The number of hydrogen-bond acceptors (Lipinski definition) is 6. The maximum atomic E-state index is 13.4. The first-order valence-corrected chi connectivity index (χ1v) is 14.8. The van der Waals surface area contributed by atoms with Gasteiger partial charge in [0.05, 0.1) is 23.7 Å². The molecule has 0 saturated carbocycles. The first-order valence-electron chi connectivity index (χ1n) is 14.8. The summed E-state index contributed by atoms with van der Waals surface area (Å²) in [5.74, 6) is -1.38. The van der Waals surface area contributed by atoms with Crippen LogP contribution in [0.5, 0.6) is 5.75 Å². The van der Waals surface area contributed by atoms with Crippen molar-refractivity contribution in [3.05, 3.63) is 46.8 Å². The minimum absolute atomic E-state index is 0.145. The van der Waals surface area contributed by atoms with E-state index < -0.39 is 29.8 Å². The van der Waals surface area contributed by atoms with Crippen molar-refractivity contribution in [2.45, 2.75) is 85.4 Å². The highest BCUT2D eigenvalue weighted by Crippen LogP contribution is 2.20. The summed E-state index contributed by atoms with van der Waals surface area (Å²) in [6, 6.07) is 4.44. The van der Waals surface area contributed by atoms with Crippen molar-refractivity contribution >= 4 is 23.6 Å². The minimum atomic E-state index is -1.17. The van der Waals surface area contributed by atoms with Gasteiger partial charge in [-0.2, -0.15) is 5.10 Å². The summed E-state index contributed by atoms with van der Waals surface area (Å²) < 4.78 is 7.87. The van der Waals surface area contributed by atoms with Crippen LogP contribution in [0, 0.1) is 25.7 Å². The van der Waals surface area contributed by atoms with Gasteiger partial charge in [-0.05, 0) is 56.2 Å². The second kappa shape index (κ2) is 14.8. The summed E-state index contributed by atoms with van der Waals surface area (Å²) in [7, 11) is 1.87. The molecule has 0 spiro atoms. The van der Waals surface area contributed by atoms with Gasteiger partial charge < -0.3 is 26.0 Å². The van der Waals surface area contributed by atoms with Crippen LogP contribution in [0.2, 0.25) is 0 Å². The topological polar surface area (TPSA) is 143 Å². The second-order valence-corrected chi connectivity index (χ2v) is 11.6. The number of rotatable bonds is 8. The molecule has 11 nitrogen and oxygen atoms in total. The maximum absolute atomic E-state index is 13.4. The maximum Gasteiger partial charge on any atom is 0.255 e. The van der Waals surface area contributed by atoms with Crippen molar-refractivity contribution in [3.63, 3.8) is 0 Å².